The largest absolute Gasteiger partial charge is 0.394 e. The van der Waals surface area contributed by atoms with Gasteiger partial charge in [-0.3, -0.25) is 14.3 Å². The molecule has 0 bridgehead atoms. The van der Waals surface area contributed by atoms with Crippen LogP contribution in [-0.4, -0.2) is 38.6 Å². The number of nitrogens with zero attached hydrogens (tertiary/aromatic N) is 1. The van der Waals surface area contributed by atoms with E-state index in [2.05, 4.69) is 11.9 Å². The Kier molecular flexibility index (Phi) is 5.93. The quantitative estimate of drug-likeness (QED) is 0.628. The number of rotatable bonds is 7. The Labute approximate surface area is 128 Å². The molecule has 2 heterocycles. The third-order valence-electron chi connectivity index (χ3n) is 4.04. The number of aryl methyl sites for hydroxylation is 1. The van der Waals surface area contributed by atoms with Crippen LogP contribution in [0.15, 0.2) is 15.8 Å². The highest BCUT2D eigenvalue weighted by Gasteiger charge is 2.35. The maximum atomic E-state index is 11.9. The lowest BCUT2D eigenvalue weighted by Gasteiger charge is -2.15. The van der Waals surface area contributed by atoms with E-state index in [9.17, 15) is 14.7 Å². The van der Waals surface area contributed by atoms with E-state index in [0.29, 0.717) is 12.0 Å². The van der Waals surface area contributed by atoms with Gasteiger partial charge in [0.15, 0.2) is 0 Å². The molecule has 3 atom stereocenters. The lowest BCUT2D eigenvalue weighted by atomic mass is 10.1. The Bertz CT molecular complexity index is 594. The van der Waals surface area contributed by atoms with Crippen molar-refractivity contribution in [2.75, 3.05) is 6.61 Å². The minimum absolute atomic E-state index is 0.215. The van der Waals surface area contributed by atoms with Crippen LogP contribution < -0.4 is 11.2 Å². The molecule has 1 fully saturated rings. The van der Waals surface area contributed by atoms with Crippen LogP contribution in [0.4, 0.5) is 0 Å². The highest BCUT2D eigenvalue weighted by molar-refractivity contribution is 5.05. The van der Waals surface area contributed by atoms with E-state index in [-0.39, 0.29) is 18.6 Å². The number of aromatic nitrogens is 2. The molecule has 7 nitrogen and oxygen atoms in total. The number of hydrogen-bond acceptors (Lipinski definition) is 5. The highest BCUT2D eigenvalue weighted by Crippen LogP contribution is 2.27. The summed E-state index contributed by atoms with van der Waals surface area (Å²) < 4.78 is 6.77. The SMILES string of the molecule is CCCCCCc1cn([C@H]2C[C@H](O)[C@H](CO)O2)c(=O)[nH]c1=O. The summed E-state index contributed by atoms with van der Waals surface area (Å²) in [6.07, 6.45) is 4.33. The molecule has 0 aliphatic carbocycles. The Balaban J connectivity index is 2.15. The summed E-state index contributed by atoms with van der Waals surface area (Å²) in [5.74, 6) is 0. The first kappa shape index (κ1) is 16.9. The van der Waals surface area contributed by atoms with Crippen LogP contribution in [0.3, 0.4) is 0 Å². The summed E-state index contributed by atoms with van der Waals surface area (Å²) in [6.45, 7) is 1.81. The van der Waals surface area contributed by atoms with Crippen LogP contribution in [0.25, 0.3) is 0 Å². The fourth-order valence-corrected chi connectivity index (χ4v) is 2.71. The molecule has 7 heteroatoms. The van der Waals surface area contributed by atoms with Gasteiger partial charge in [0.2, 0.25) is 0 Å². The standard InChI is InChI=1S/C15H24N2O5/c1-2-3-4-5-6-10-8-17(15(21)16-14(10)20)13-7-11(19)12(9-18)22-13/h8,11-13,18-19H,2-7,9H2,1H3,(H,16,20,21)/t11-,12-,13+/m0/s1. The number of ether oxygens (including phenoxy) is 1. The summed E-state index contributed by atoms with van der Waals surface area (Å²) in [4.78, 5) is 26.1. The van der Waals surface area contributed by atoms with Gasteiger partial charge in [-0.15, -0.1) is 0 Å². The normalized spacial score (nSPS) is 24.8. The number of aromatic amines is 1. The predicted octanol–water partition coefficient (Wildman–Crippen LogP) is 0.300. The molecule has 0 saturated carbocycles. The molecule has 0 spiro atoms. The molecule has 0 aromatic carbocycles. The van der Waals surface area contributed by atoms with Gasteiger partial charge in [-0.05, 0) is 12.8 Å². The maximum Gasteiger partial charge on any atom is 0.330 e. The number of H-pyrrole nitrogens is 1. The zero-order chi connectivity index (χ0) is 16.1. The fraction of sp³-hybridized carbons (Fsp3) is 0.733. The summed E-state index contributed by atoms with van der Waals surface area (Å²) >= 11 is 0. The van der Waals surface area contributed by atoms with Crippen LogP contribution in [0.1, 0.15) is 50.8 Å². The van der Waals surface area contributed by atoms with Crippen LogP contribution in [-0.2, 0) is 11.2 Å². The van der Waals surface area contributed by atoms with Crippen molar-refractivity contribution >= 4 is 0 Å². The molecule has 0 radical (unpaired) electrons. The monoisotopic (exact) mass is 312 g/mol. The Morgan fingerprint density at radius 2 is 2.14 bits per heavy atom. The van der Waals surface area contributed by atoms with Crippen molar-refractivity contribution < 1.29 is 14.9 Å². The zero-order valence-corrected chi connectivity index (χ0v) is 12.8. The van der Waals surface area contributed by atoms with E-state index in [1.165, 1.54) is 10.8 Å². The number of hydrogen-bond donors (Lipinski definition) is 3. The van der Waals surface area contributed by atoms with Crippen molar-refractivity contribution in [3.8, 4) is 0 Å². The van der Waals surface area contributed by atoms with Crippen LogP contribution in [0.2, 0.25) is 0 Å². The molecule has 1 aromatic rings. The average Bonchev–Trinajstić information content (AvgIpc) is 2.86. The van der Waals surface area contributed by atoms with E-state index in [0.717, 1.165) is 25.7 Å². The topological polar surface area (TPSA) is 105 Å². The van der Waals surface area contributed by atoms with Crippen LogP contribution >= 0.6 is 0 Å². The first-order chi connectivity index (χ1) is 10.6. The van der Waals surface area contributed by atoms with Crippen molar-refractivity contribution in [1.29, 1.82) is 0 Å². The molecule has 3 N–H and O–H groups in total. The first-order valence-electron chi connectivity index (χ1n) is 7.85. The molecule has 1 aliphatic heterocycles. The van der Waals surface area contributed by atoms with Gasteiger partial charge in [-0.2, -0.15) is 0 Å². The Morgan fingerprint density at radius 3 is 2.77 bits per heavy atom. The van der Waals surface area contributed by atoms with Gasteiger partial charge in [0, 0.05) is 18.2 Å². The van der Waals surface area contributed by atoms with Crippen molar-refractivity contribution in [3.63, 3.8) is 0 Å². The third kappa shape index (κ3) is 3.85. The number of aliphatic hydroxyl groups excluding tert-OH is 2. The second-order valence-electron chi connectivity index (χ2n) is 5.75. The van der Waals surface area contributed by atoms with Crippen molar-refractivity contribution in [3.05, 3.63) is 32.6 Å². The van der Waals surface area contributed by atoms with E-state index in [4.69, 9.17) is 9.84 Å². The van der Waals surface area contributed by atoms with E-state index in [1.807, 2.05) is 0 Å². The smallest absolute Gasteiger partial charge is 0.330 e. The molecule has 1 aliphatic rings. The molecule has 0 amide bonds. The molecule has 0 unspecified atom stereocenters. The average molecular weight is 312 g/mol. The van der Waals surface area contributed by atoms with Gasteiger partial charge < -0.3 is 14.9 Å². The first-order valence-corrected chi connectivity index (χ1v) is 7.85. The molecule has 22 heavy (non-hydrogen) atoms. The van der Waals surface area contributed by atoms with Gasteiger partial charge in [0.05, 0.1) is 12.7 Å². The van der Waals surface area contributed by atoms with Crippen LogP contribution in [0, 0.1) is 0 Å². The fourth-order valence-electron chi connectivity index (χ4n) is 2.71. The lowest BCUT2D eigenvalue weighted by molar-refractivity contribution is -0.0460. The van der Waals surface area contributed by atoms with Gasteiger partial charge in [-0.25, -0.2) is 4.79 Å². The van der Waals surface area contributed by atoms with Crippen molar-refractivity contribution in [1.82, 2.24) is 9.55 Å². The predicted molar refractivity (Wildman–Crippen MR) is 80.8 cm³/mol. The molecule has 124 valence electrons. The highest BCUT2D eigenvalue weighted by atomic mass is 16.5. The van der Waals surface area contributed by atoms with Gasteiger partial charge in [0.1, 0.15) is 12.3 Å². The number of unbranched alkanes of at least 4 members (excludes halogenated alkanes) is 3. The van der Waals surface area contributed by atoms with Gasteiger partial charge in [-0.1, -0.05) is 26.2 Å². The van der Waals surface area contributed by atoms with Crippen LogP contribution in [0.5, 0.6) is 0 Å². The summed E-state index contributed by atoms with van der Waals surface area (Å²) in [6, 6.07) is 0. The summed E-state index contributed by atoms with van der Waals surface area (Å²) in [5.41, 5.74) is -0.380. The van der Waals surface area contributed by atoms with E-state index >= 15 is 0 Å². The molecular weight excluding hydrogens is 288 g/mol. The van der Waals surface area contributed by atoms with E-state index in [1.54, 1.807) is 0 Å². The zero-order valence-electron chi connectivity index (χ0n) is 12.8. The summed E-state index contributed by atoms with van der Waals surface area (Å²) in [7, 11) is 0. The van der Waals surface area contributed by atoms with Crippen molar-refractivity contribution in [2.24, 2.45) is 0 Å². The minimum atomic E-state index is -0.818. The Morgan fingerprint density at radius 1 is 1.36 bits per heavy atom. The molecule has 1 aromatic heterocycles. The molecular formula is C15H24N2O5. The molecule has 1 saturated heterocycles. The second-order valence-corrected chi connectivity index (χ2v) is 5.75. The van der Waals surface area contributed by atoms with Gasteiger partial charge >= 0.3 is 5.69 Å². The maximum absolute atomic E-state index is 11.9. The summed E-state index contributed by atoms with van der Waals surface area (Å²) in [5, 5.41) is 18.9. The Hall–Kier alpha value is -1.44. The minimum Gasteiger partial charge on any atom is -0.394 e. The van der Waals surface area contributed by atoms with Gasteiger partial charge in [0.25, 0.3) is 5.56 Å². The van der Waals surface area contributed by atoms with E-state index < -0.39 is 24.1 Å². The number of nitrogens with one attached hydrogen (secondary N) is 1. The molecule has 2 rings (SSSR count). The number of aliphatic hydroxyl groups is 2. The van der Waals surface area contributed by atoms with Crippen molar-refractivity contribution in [2.45, 2.75) is 63.9 Å². The lowest BCUT2D eigenvalue weighted by Crippen LogP contribution is -2.34. The second kappa shape index (κ2) is 7.71. The third-order valence-corrected chi connectivity index (χ3v) is 4.04.